The molecule has 4 nitrogen and oxygen atoms in total. The van der Waals surface area contributed by atoms with Crippen molar-refractivity contribution in [2.24, 2.45) is 4.99 Å². The average molecular weight is 217 g/mol. The van der Waals surface area contributed by atoms with Crippen LogP contribution < -0.4 is 5.32 Å². The second-order valence-corrected chi connectivity index (χ2v) is 3.19. The van der Waals surface area contributed by atoms with Crippen molar-refractivity contribution in [1.29, 1.82) is 0 Å². The number of anilines is 1. The molecule has 1 amide bonds. The Morgan fingerprint density at radius 1 is 1.56 bits per heavy atom. The lowest BCUT2D eigenvalue weighted by molar-refractivity contribution is -0.105. The van der Waals surface area contributed by atoms with Gasteiger partial charge in [0, 0.05) is 19.3 Å². The maximum absolute atomic E-state index is 10.3. The predicted octanol–water partition coefficient (Wildman–Crippen LogP) is 1.86. The number of hydrogen-bond donors (Lipinski definition) is 1. The summed E-state index contributed by atoms with van der Waals surface area (Å²) in [5.74, 6) is 0. The number of nitrogens with one attached hydrogen (secondary N) is 1. The number of nitrogens with zero attached hydrogens (tertiary/aromatic N) is 2. The molecule has 0 aliphatic rings. The van der Waals surface area contributed by atoms with E-state index >= 15 is 0 Å². The highest BCUT2D eigenvalue weighted by molar-refractivity contribution is 5.71. The highest BCUT2D eigenvalue weighted by Gasteiger charge is 1.98. The Kier molecular flexibility index (Phi) is 4.79. The van der Waals surface area contributed by atoms with Gasteiger partial charge in [0.25, 0.3) is 0 Å². The minimum absolute atomic E-state index is 0.665. The van der Waals surface area contributed by atoms with Gasteiger partial charge < -0.3 is 10.2 Å². The van der Waals surface area contributed by atoms with Gasteiger partial charge in [0.1, 0.15) is 0 Å². The Bertz CT molecular complexity index is 388. The number of rotatable bonds is 6. The molecule has 16 heavy (non-hydrogen) atoms. The second kappa shape index (κ2) is 6.40. The van der Waals surface area contributed by atoms with E-state index in [2.05, 4.69) is 16.9 Å². The third kappa shape index (κ3) is 3.57. The van der Waals surface area contributed by atoms with E-state index in [0.29, 0.717) is 13.0 Å². The number of hydrogen-bond acceptors (Lipinski definition) is 2. The minimum Gasteiger partial charge on any atom is -0.336 e. The first-order valence-corrected chi connectivity index (χ1v) is 4.90. The molecular formula is C12H15N3O. The van der Waals surface area contributed by atoms with Gasteiger partial charge in [-0.1, -0.05) is 18.7 Å². The van der Waals surface area contributed by atoms with Gasteiger partial charge in [0.2, 0.25) is 6.41 Å². The molecule has 0 aromatic heterocycles. The van der Waals surface area contributed by atoms with Crippen LogP contribution in [0, 0.1) is 0 Å². The van der Waals surface area contributed by atoms with Gasteiger partial charge >= 0.3 is 0 Å². The lowest BCUT2D eigenvalue weighted by Crippen LogP contribution is -2.13. The normalized spacial score (nSPS) is 10.1. The monoisotopic (exact) mass is 217 g/mol. The number of amides is 1. The van der Waals surface area contributed by atoms with Crippen LogP contribution in [0.3, 0.4) is 0 Å². The van der Waals surface area contributed by atoms with Crippen molar-refractivity contribution in [3.8, 4) is 0 Å². The molecule has 0 atom stereocenters. The highest BCUT2D eigenvalue weighted by atomic mass is 16.1. The van der Waals surface area contributed by atoms with E-state index in [1.807, 2.05) is 29.2 Å². The number of aliphatic imine (C=N–C) groups is 1. The van der Waals surface area contributed by atoms with Crippen LogP contribution in [0.1, 0.15) is 5.56 Å². The van der Waals surface area contributed by atoms with E-state index in [-0.39, 0.29) is 0 Å². The minimum atomic E-state index is 0.665. The average Bonchev–Trinajstić information content (AvgIpc) is 2.29. The lowest BCUT2D eigenvalue weighted by Gasteiger charge is -2.14. The Morgan fingerprint density at radius 2 is 2.38 bits per heavy atom. The van der Waals surface area contributed by atoms with Crippen LogP contribution in [0.2, 0.25) is 0 Å². The molecule has 0 bridgehead atoms. The van der Waals surface area contributed by atoms with Gasteiger partial charge in [-0.15, -0.1) is 0 Å². The van der Waals surface area contributed by atoms with E-state index in [1.54, 1.807) is 19.6 Å². The smallest absolute Gasteiger partial charge is 0.211 e. The standard InChI is InChI=1S/C12H15N3O/c1-3-15(9-13-2)8-11-5-4-6-12(7-11)14-10-16/h3-7,9-10H,1,8H2,2H3,(H,14,16). The Labute approximate surface area is 95.3 Å². The van der Waals surface area contributed by atoms with Gasteiger partial charge in [-0.3, -0.25) is 9.79 Å². The highest BCUT2D eigenvalue weighted by Crippen LogP contribution is 2.11. The fraction of sp³-hybridized carbons (Fsp3) is 0.167. The molecule has 1 aromatic carbocycles. The topological polar surface area (TPSA) is 44.7 Å². The summed E-state index contributed by atoms with van der Waals surface area (Å²) >= 11 is 0. The first-order chi connectivity index (χ1) is 7.80. The molecule has 0 fully saturated rings. The lowest BCUT2D eigenvalue weighted by atomic mass is 10.2. The molecule has 1 N–H and O–H groups in total. The van der Waals surface area contributed by atoms with Crippen molar-refractivity contribution >= 4 is 18.4 Å². The summed E-state index contributed by atoms with van der Waals surface area (Å²) in [6.45, 7) is 4.37. The second-order valence-electron chi connectivity index (χ2n) is 3.19. The van der Waals surface area contributed by atoms with E-state index in [9.17, 15) is 4.79 Å². The Balaban J connectivity index is 2.75. The SMILES string of the molecule is C=CN(C=NC)Cc1cccc(NC=O)c1. The zero-order valence-electron chi connectivity index (χ0n) is 9.26. The number of carbonyl (C=O) groups excluding carboxylic acids is 1. The van der Waals surface area contributed by atoms with Crippen LogP contribution in [0.4, 0.5) is 5.69 Å². The molecule has 84 valence electrons. The molecular weight excluding hydrogens is 202 g/mol. The summed E-state index contributed by atoms with van der Waals surface area (Å²) in [5.41, 5.74) is 1.86. The fourth-order valence-electron chi connectivity index (χ4n) is 1.34. The van der Waals surface area contributed by atoms with Gasteiger partial charge in [-0.2, -0.15) is 0 Å². The van der Waals surface area contributed by atoms with Crippen molar-refractivity contribution in [2.45, 2.75) is 6.54 Å². The summed E-state index contributed by atoms with van der Waals surface area (Å²) in [4.78, 5) is 16.1. The molecule has 0 saturated carbocycles. The summed E-state index contributed by atoms with van der Waals surface area (Å²) in [7, 11) is 1.71. The largest absolute Gasteiger partial charge is 0.336 e. The van der Waals surface area contributed by atoms with Crippen LogP contribution >= 0.6 is 0 Å². The molecule has 1 rings (SSSR count). The van der Waals surface area contributed by atoms with E-state index in [1.165, 1.54) is 0 Å². The first kappa shape index (κ1) is 12.0. The van der Waals surface area contributed by atoms with Crippen molar-refractivity contribution < 1.29 is 4.79 Å². The summed E-state index contributed by atoms with van der Waals surface area (Å²) in [6.07, 6.45) is 4.07. The maximum Gasteiger partial charge on any atom is 0.211 e. The molecule has 4 heteroatoms. The third-order valence-corrected chi connectivity index (χ3v) is 2.02. The Hall–Kier alpha value is -2.10. The van der Waals surface area contributed by atoms with Gasteiger partial charge in [-0.25, -0.2) is 0 Å². The fourth-order valence-corrected chi connectivity index (χ4v) is 1.34. The van der Waals surface area contributed by atoms with Crippen molar-refractivity contribution in [3.63, 3.8) is 0 Å². The summed E-state index contributed by atoms with van der Waals surface area (Å²) in [6, 6.07) is 7.62. The van der Waals surface area contributed by atoms with Crippen LogP contribution in [-0.2, 0) is 11.3 Å². The van der Waals surface area contributed by atoms with Crippen LogP contribution in [0.5, 0.6) is 0 Å². The first-order valence-electron chi connectivity index (χ1n) is 4.90. The molecule has 0 unspecified atom stereocenters. The van der Waals surface area contributed by atoms with E-state index < -0.39 is 0 Å². The van der Waals surface area contributed by atoms with Gasteiger partial charge in [-0.05, 0) is 23.9 Å². The van der Waals surface area contributed by atoms with E-state index in [4.69, 9.17) is 0 Å². The molecule has 0 saturated heterocycles. The van der Waals surface area contributed by atoms with Crippen molar-refractivity contribution in [1.82, 2.24) is 4.90 Å². The molecule has 0 spiro atoms. The van der Waals surface area contributed by atoms with Crippen LogP contribution in [-0.4, -0.2) is 24.7 Å². The zero-order valence-corrected chi connectivity index (χ0v) is 9.26. The van der Waals surface area contributed by atoms with E-state index in [0.717, 1.165) is 11.3 Å². The third-order valence-electron chi connectivity index (χ3n) is 2.02. The molecule has 0 aliphatic carbocycles. The Morgan fingerprint density at radius 3 is 3.00 bits per heavy atom. The predicted molar refractivity (Wildman–Crippen MR) is 66.3 cm³/mol. The van der Waals surface area contributed by atoms with Crippen molar-refractivity contribution in [3.05, 3.63) is 42.6 Å². The quantitative estimate of drug-likeness (QED) is 0.449. The number of carbonyl (C=O) groups is 1. The zero-order chi connectivity index (χ0) is 11.8. The molecule has 0 aliphatic heterocycles. The van der Waals surface area contributed by atoms with Gasteiger partial charge in [0.05, 0.1) is 6.34 Å². The van der Waals surface area contributed by atoms with Crippen molar-refractivity contribution in [2.75, 3.05) is 12.4 Å². The summed E-state index contributed by atoms with van der Waals surface area (Å²) < 4.78 is 0. The van der Waals surface area contributed by atoms with Gasteiger partial charge in [0.15, 0.2) is 0 Å². The van der Waals surface area contributed by atoms with Crippen LogP contribution in [0.25, 0.3) is 0 Å². The van der Waals surface area contributed by atoms with Crippen LogP contribution in [0.15, 0.2) is 42.0 Å². The summed E-state index contributed by atoms with van der Waals surface area (Å²) in [5, 5.41) is 2.61. The molecule has 1 aromatic rings. The number of benzene rings is 1. The molecule has 0 heterocycles. The molecule has 0 radical (unpaired) electrons. The maximum atomic E-state index is 10.3.